The van der Waals surface area contributed by atoms with Gasteiger partial charge in [0.2, 0.25) is 0 Å². The molecule has 0 bridgehead atoms. The number of esters is 1. The van der Waals surface area contributed by atoms with E-state index in [0.717, 1.165) is 10.6 Å². The van der Waals surface area contributed by atoms with Crippen molar-refractivity contribution in [3.05, 3.63) is 63.8 Å². The summed E-state index contributed by atoms with van der Waals surface area (Å²) in [5, 5.41) is 10.0. The molecule has 1 N–H and O–H groups in total. The summed E-state index contributed by atoms with van der Waals surface area (Å²) >= 11 is 5.87. The summed E-state index contributed by atoms with van der Waals surface area (Å²) in [5.41, 5.74) is 0.518. The Morgan fingerprint density at radius 1 is 1.13 bits per heavy atom. The first-order valence-electron chi connectivity index (χ1n) is 9.27. The van der Waals surface area contributed by atoms with Crippen LogP contribution in [0.15, 0.2) is 30.3 Å². The van der Waals surface area contributed by atoms with Crippen LogP contribution in [0.3, 0.4) is 0 Å². The highest BCUT2D eigenvalue weighted by atomic mass is 35.5. The number of nitrogens with zero attached hydrogens (tertiary/aromatic N) is 1. The van der Waals surface area contributed by atoms with Crippen molar-refractivity contribution in [1.82, 2.24) is 4.57 Å². The number of aromatic nitrogens is 1. The molecule has 1 atom stereocenters. The highest BCUT2D eigenvalue weighted by molar-refractivity contribution is 6.30. The summed E-state index contributed by atoms with van der Waals surface area (Å²) in [5.74, 6) is -5.79. The molecule has 0 spiro atoms. The summed E-state index contributed by atoms with van der Waals surface area (Å²) < 4.78 is 35.4. The van der Waals surface area contributed by atoms with Gasteiger partial charge in [-0.25, -0.2) is 8.78 Å². The van der Waals surface area contributed by atoms with E-state index in [1.165, 1.54) is 38.1 Å². The van der Waals surface area contributed by atoms with Crippen LogP contribution in [-0.4, -0.2) is 27.7 Å². The minimum Gasteiger partial charge on any atom is -0.503 e. The topological polar surface area (TPSA) is 68.5 Å². The van der Waals surface area contributed by atoms with E-state index in [4.69, 9.17) is 16.3 Å². The molecule has 5 nitrogen and oxygen atoms in total. The molecule has 1 aromatic heterocycles. The summed E-state index contributed by atoms with van der Waals surface area (Å²) in [4.78, 5) is 25.7. The molecular weight excluding hydrogens is 416 g/mol. The van der Waals surface area contributed by atoms with Crippen molar-refractivity contribution in [2.24, 2.45) is 0 Å². The van der Waals surface area contributed by atoms with Crippen LogP contribution >= 0.6 is 11.6 Å². The van der Waals surface area contributed by atoms with Crippen LogP contribution in [-0.2, 0) is 9.53 Å². The summed E-state index contributed by atoms with van der Waals surface area (Å²) in [6.45, 7) is 6.37. The zero-order valence-corrected chi connectivity index (χ0v) is 17.6. The van der Waals surface area contributed by atoms with Gasteiger partial charge in [-0.3, -0.25) is 14.2 Å². The average molecular weight is 436 g/mol. The first-order valence-corrected chi connectivity index (χ1v) is 9.65. The molecule has 0 radical (unpaired) electrons. The number of hydrogen-bond donors (Lipinski definition) is 1. The van der Waals surface area contributed by atoms with Gasteiger partial charge in [0.25, 0.3) is 5.91 Å². The maximum absolute atomic E-state index is 14.9. The lowest BCUT2D eigenvalue weighted by molar-refractivity contribution is -0.148. The molecule has 0 fully saturated rings. The van der Waals surface area contributed by atoms with E-state index in [-0.39, 0.29) is 27.7 Å². The minimum atomic E-state index is -1.24. The Kier molecular flexibility index (Phi) is 5.85. The number of aromatic hydroxyl groups is 1. The zero-order chi connectivity index (χ0) is 22.3. The van der Waals surface area contributed by atoms with E-state index < -0.39 is 41.3 Å². The molecule has 158 valence electrons. The SMILES string of the molecule is Cc1c(C(C)C(=O)OC(C)C)c2c(F)c(O)c(F)cc2n1C(=O)c1ccc(Cl)cc1. The van der Waals surface area contributed by atoms with Crippen LogP contribution in [0.1, 0.15) is 48.3 Å². The molecule has 3 aromatic rings. The molecule has 1 heterocycles. The van der Waals surface area contributed by atoms with Gasteiger partial charge in [0, 0.05) is 27.7 Å². The van der Waals surface area contributed by atoms with Gasteiger partial charge < -0.3 is 9.84 Å². The van der Waals surface area contributed by atoms with Crippen molar-refractivity contribution in [2.75, 3.05) is 0 Å². The van der Waals surface area contributed by atoms with Crippen molar-refractivity contribution in [1.29, 1.82) is 0 Å². The number of phenols is 1. The van der Waals surface area contributed by atoms with E-state index in [1.54, 1.807) is 13.8 Å². The average Bonchev–Trinajstić information content (AvgIpc) is 2.97. The second kappa shape index (κ2) is 8.07. The van der Waals surface area contributed by atoms with Gasteiger partial charge in [-0.1, -0.05) is 11.6 Å². The molecule has 2 aromatic carbocycles. The lowest BCUT2D eigenvalue weighted by Crippen LogP contribution is -2.19. The Morgan fingerprint density at radius 2 is 1.73 bits per heavy atom. The third kappa shape index (κ3) is 3.65. The molecule has 0 aliphatic rings. The quantitative estimate of drug-likeness (QED) is 0.562. The fraction of sp³-hybridized carbons (Fsp3) is 0.273. The van der Waals surface area contributed by atoms with Crippen LogP contribution < -0.4 is 0 Å². The Morgan fingerprint density at radius 3 is 2.30 bits per heavy atom. The first-order chi connectivity index (χ1) is 14.0. The number of fused-ring (bicyclic) bond motifs is 1. The van der Waals surface area contributed by atoms with Crippen LogP contribution in [0.2, 0.25) is 5.02 Å². The van der Waals surface area contributed by atoms with Gasteiger partial charge in [0.05, 0.1) is 17.5 Å². The van der Waals surface area contributed by atoms with Crippen LogP contribution in [0, 0.1) is 18.6 Å². The van der Waals surface area contributed by atoms with Crippen LogP contribution in [0.4, 0.5) is 8.78 Å². The second-order valence-corrected chi connectivity index (χ2v) is 7.71. The molecule has 0 saturated carbocycles. The maximum Gasteiger partial charge on any atom is 0.313 e. The normalized spacial score (nSPS) is 12.4. The molecule has 30 heavy (non-hydrogen) atoms. The lowest BCUT2D eigenvalue weighted by Gasteiger charge is -2.15. The number of halogens is 3. The number of phenolic OH excluding ortho intramolecular Hbond substituents is 1. The predicted octanol–water partition coefficient (Wildman–Crippen LogP) is 5.33. The molecular formula is C22H20ClF2NO4. The fourth-order valence-electron chi connectivity index (χ4n) is 3.48. The van der Waals surface area contributed by atoms with E-state index in [1.807, 2.05) is 0 Å². The Labute approximate surface area is 176 Å². The van der Waals surface area contributed by atoms with E-state index >= 15 is 0 Å². The molecule has 0 aliphatic carbocycles. The number of rotatable bonds is 4. The Hall–Kier alpha value is -2.93. The van der Waals surface area contributed by atoms with E-state index in [0.29, 0.717) is 5.02 Å². The van der Waals surface area contributed by atoms with Gasteiger partial charge >= 0.3 is 5.97 Å². The van der Waals surface area contributed by atoms with Crippen LogP contribution in [0.25, 0.3) is 10.9 Å². The summed E-state index contributed by atoms with van der Waals surface area (Å²) in [6.07, 6.45) is -0.403. The number of carbonyl (C=O) groups excluding carboxylic acids is 2. The second-order valence-electron chi connectivity index (χ2n) is 7.27. The van der Waals surface area contributed by atoms with Crippen molar-refractivity contribution < 1.29 is 28.2 Å². The van der Waals surface area contributed by atoms with Crippen molar-refractivity contribution in [3.63, 3.8) is 0 Å². The Bertz CT molecular complexity index is 1150. The van der Waals surface area contributed by atoms with Gasteiger partial charge in [0.15, 0.2) is 17.4 Å². The van der Waals surface area contributed by atoms with E-state index in [2.05, 4.69) is 0 Å². The number of hydrogen-bond acceptors (Lipinski definition) is 4. The standard InChI is InChI=1S/C22H20ClF2NO4/c1-10(2)30-22(29)11(3)17-12(4)26(21(28)13-5-7-14(23)8-6-13)16-9-15(24)20(27)19(25)18(16)17/h5-11,27H,1-4H3. The van der Waals surface area contributed by atoms with Gasteiger partial charge in [-0.2, -0.15) is 0 Å². The highest BCUT2D eigenvalue weighted by Gasteiger charge is 2.31. The number of benzene rings is 2. The molecule has 0 saturated heterocycles. The minimum absolute atomic E-state index is 0.0977. The van der Waals surface area contributed by atoms with Gasteiger partial charge in [-0.05, 0) is 57.5 Å². The van der Waals surface area contributed by atoms with E-state index in [9.17, 15) is 23.5 Å². The third-order valence-corrected chi connectivity index (χ3v) is 5.09. The van der Waals surface area contributed by atoms with Crippen molar-refractivity contribution >= 4 is 34.4 Å². The summed E-state index contributed by atoms with van der Waals surface area (Å²) in [6, 6.07) is 6.88. The Balaban J connectivity index is 2.31. The van der Waals surface area contributed by atoms with Crippen molar-refractivity contribution in [3.8, 4) is 5.75 Å². The molecule has 0 aliphatic heterocycles. The summed E-state index contributed by atoms with van der Waals surface area (Å²) in [7, 11) is 0. The smallest absolute Gasteiger partial charge is 0.313 e. The third-order valence-electron chi connectivity index (χ3n) is 4.84. The monoisotopic (exact) mass is 435 g/mol. The zero-order valence-electron chi connectivity index (χ0n) is 16.8. The van der Waals surface area contributed by atoms with Crippen molar-refractivity contribution in [2.45, 2.75) is 39.7 Å². The first kappa shape index (κ1) is 21.8. The molecule has 3 rings (SSSR count). The predicted molar refractivity (Wildman–Crippen MR) is 109 cm³/mol. The largest absolute Gasteiger partial charge is 0.503 e. The van der Waals surface area contributed by atoms with Gasteiger partial charge in [-0.15, -0.1) is 0 Å². The number of ether oxygens (including phenoxy) is 1. The molecule has 8 heteroatoms. The maximum atomic E-state index is 14.9. The molecule has 1 unspecified atom stereocenters. The molecule has 0 amide bonds. The van der Waals surface area contributed by atoms with Crippen LogP contribution in [0.5, 0.6) is 5.75 Å². The fourth-order valence-corrected chi connectivity index (χ4v) is 3.60. The number of carbonyl (C=O) groups is 2. The highest BCUT2D eigenvalue weighted by Crippen LogP contribution is 2.39. The lowest BCUT2D eigenvalue weighted by atomic mass is 9.97. The van der Waals surface area contributed by atoms with Gasteiger partial charge in [0.1, 0.15) is 0 Å².